The first-order valence-corrected chi connectivity index (χ1v) is 5.94. The van der Waals surface area contributed by atoms with Gasteiger partial charge in [0.1, 0.15) is 0 Å². The largest absolute Gasteiger partial charge is 0.326 e. The van der Waals surface area contributed by atoms with Gasteiger partial charge < -0.3 is 5.73 Å². The minimum Gasteiger partial charge on any atom is -0.326 e. The molecule has 0 aliphatic rings. The molecule has 2 N–H and O–H groups in total. The molecule has 0 atom stereocenters. The van der Waals surface area contributed by atoms with Crippen LogP contribution in [0.4, 0.5) is 0 Å². The van der Waals surface area contributed by atoms with Gasteiger partial charge in [0, 0.05) is 17.3 Å². The SMILES string of the molecule is Cc1nn(-c2cc(Cl)ccc2CN)c(C)c1C. The van der Waals surface area contributed by atoms with Gasteiger partial charge in [0.15, 0.2) is 0 Å². The minimum absolute atomic E-state index is 0.476. The highest BCUT2D eigenvalue weighted by Crippen LogP contribution is 2.23. The smallest absolute Gasteiger partial charge is 0.0708 e. The molecule has 90 valence electrons. The maximum Gasteiger partial charge on any atom is 0.0708 e. The summed E-state index contributed by atoms with van der Waals surface area (Å²) in [7, 11) is 0. The molecule has 17 heavy (non-hydrogen) atoms. The quantitative estimate of drug-likeness (QED) is 0.890. The van der Waals surface area contributed by atoms with Gasteiger partial charge in [-0.1, -0.05) is 17.7 Å². The van der Waals surface area contributed by atoms with Gasteiger partial charge in [0.25, 0.3) is 0 Å². The Morgan fingerprint density at radius 2 is 2.00 bits per heavy atom. The van der Waals surface area contributed by atoms with Crippen LogP contribution in [0.3, 0.4) is 0 Å². The lowest BCUT2D eigenvalue weighted by Gasteiger charge is -2.10. The fourth-order valence-electron chi connectivity index (χ4n) is 1.86. The van der Waals surface area contributed by atoms with E-state index in [0.717, 1.165) is 22.6 Å². The van der Waals surface area contributed by atoms with Crippen LogP contribution in [-0.4, -0.2) is 9.78 Å². The highest BCUT2D eigenvalue weighted by atomic mass is 35.5. The van der Waals surface area contributed by atoms with Crippen molar-refractivity contribution in [1.82, 2.24) is 9.78 Å². The van der Waals surface area contributed by atoms with Crippen molar-refractivity contribution < 1.29 is 0 Å². The van der Waals surface area contributed by atoms with Crippen molar-refractivity contribution in [1.29, 1.82) is 0 Å². The van der Waals surface area contributed by atoms with E-state index in [1.165, 1.54) is 5.56 Å². The zero-order valence-corrected chi connectivity index (χ0v) is 11.0. The lowest BCUT2D eigenvalue weighted by atomic mass is 10.1. The molecule has 0 spiro atoms. The van der Waals surface area contributed by atoms with E-state index in [1.54, 1.807) is 0 Å². The number of aryl methyl sites for hydroxylation is 1. The van der Waals surface area contributed by atoms with Gasteiger partial charge >= 0.3 is 0 Å². The van der Waals surface area contributed by atoms with Gasteiger partial charge in [-0.15, -0.1) is 0 Å². The van der Waals surface area contributed by atoms with Gasteiger partial charge in [0.05, 0.1) is 11.4 Å². The molecule has 0 saturated carbocycles. The number of rotatable bonds is 2. The Bertz CT molecular complexity index is 558. The van der Waals surface area contributed by atoms with Gasteiger partial charge in [-0.2, -0.15) is 5.10 Å². The van der Waals surface area contributed by atoms with E-state index in [9.17, 15) is 0 Å². The molecule has 1 aromatic carbocycles. The predicted molar refractivity (Wildman–Crippen MR) is 70.7 cm³/mol. The van der Waals surface area contributed by atoms with Gasteiger partial charge in [-0.3, -0.25) is 0 Å². The Labute approximate surface area is 106 Å². The molecule has 2 aromatic rings. The van der Waals surface area contributed by atoms with E-state index < -0.39 is 0 Å². The topological polar surface area (TPSA) is 43.8 Å². The Morgan fingerprint density at radius 3 is 2.53 bits per heavy atom. The van der Waals surface area contributed by atoms with Crippen LogP contribution in [-0.2, 0) is 6.54 Å². The monoisotopic (exact) mass is 249 g/mol. The van der Waals surface area contributed by atoms with E-state index in [-0.39, 0.29) is 0 Å². The molecule has 0 fully saturated rings. The summed E-state index contributed by atoms with van der Waals surface area (Å²) in [4.78, 5) is 0. The fourth-order valence-corrected chi connectivity index (χ4v) is 2.03. The van der Waals surface area contributed by atoms with Crippen LogP contribution in [0, 0.1) is 20.8 Å². The van der Waals surface area contributed by atoms with Crippen molar-refractivity contribution in [3.8, 4) is 5.69 Å². The van der Waals surface area contributed by atoms with Crippen molar-refractivity contribution in [3.05, 3.63) is 45.7 Å². The zero-order valence-electron chi connectivity index (χ0n) is 10.3. The summed E-state index contributed by atoms with van der Waals surface area (Å²) in [6, 6.07) is 5.71. The van der Waals surface area contributed by atoms with E-state index in [4.69, 9.17) is 17.3 Å². The van der Waals surface area contributed by atoms with E-state index in [2.05, 4.69) is 18.9 Å². The van der Waals surface area contributed by atoms with Crippen LogP contribution < -0.4 is 5.73 Å². The molecule has 4 heteroatoms. The van der Waals surface area contributed by atoms with Crippen molar-refractivity contribution in [2.24, 2.45) is 5.73 Å². The number of nitrogens with zero attached hydrogens (tertiary/aromatic N) is 2. The summed E-state index contributed by atoms with van der Waals surface area (Å²) in [6.07, 6.45) is 0. The Kier molecular flexibility index (Phi) is 3.22. The molecule has 2 rings (SSSR count). The van der Waals surface area contributed by atoms with E-state index in [1.807, 2.05) is 29.8 Å². The van der Waals surface area contributed by atoms with Gasteiger partial charge in [-0.25, -0.2) is 4.68 Å². The van der Waals surface area contributed by atoms with Gasteiger partial charge in [-0.05, 0) is 44.0 Å². The summed E-state index contributed by atoms with van der Waals surface area (Å²) in [6.45, 7) is 6.60. The Balaban J connectivity index is 2.67. The highest BCUT2D eigenvalue weighted by molar-refractivity contribution is 6.30. The molecule has 3 nitrogen and oxygen atoms in total. The lowest BCUT2D eigenvalue weighted by Crippen LogP contribution is -2.07. The summed E-state index contributed by atoms with van der Waals surface area (Å²) >= 11 is 6.04. The highest BCUT2D eigenvalue weighted by Gasteiger charge is 2.12. The van der Waals surface area contributed by atoms with Crippen molar-refractivity contribution in [2.45, 2.75) is 27.3 Å². The predicted octanol–water partition coefficient (Wildman–Crippen LogP) is 2.91. The average Bonchev–Trinajstić information content (AvgIpc) is 2.57. The first-order chi connectivity index (χ1) is 8.04. The number of hydrogen-bond acceptors (Lipinski definition) is 2. The Hall–Kier alpha value is -1.32. The maximum absolute atomic E-state index is 6.04. The summed E-state index contributed by atoms with van der Waals surface area (Å²) < 4.78 is 1.92. The molecule has 1 aromatic heterocycles. The third kappa shape index (κ3) is 2.08. The lowest BCUT2D eigenvalue weighted by molar-refractivity contribution is 0.817. The van der Waals surface area contributed by atoms with Crippen LogP contribution in [0.1, 0.15) is 22.5 Å². The van der Waals surface area contributed by atoms with E-state index >= 15 is 0 Å². The van der Waals surface area contributed by atoms with Crippen LogP contribution in [0.15, 0.2) is 18.2 Å². The van der Waals surface area contributed by atoms with E-state index in [0.29, 0.717) is 11.6 Å². The number of benzene rings is 1. The zero-order chi connectivity index (χ0) is 12.6. The second-order valence-electron chi connectivity index (χ2n) is 4.18. The number of aromatic nitrogens is 2. The molecule has 1 heterocycles. The second-order valence-corrected chi connectivity index (χ2v) is 4.62. The third-order valence-corrected chi connectivity index (χ3v) is 3.38. The standard InChI is InChI=1S/C13H16ClN3/c1-8-9(2)16-17(10(8)3)13-6-12(14)5-4-11(13)7-15/h4-6H,7,15H2,1-3H3. The first-order valence-electron chi connectivity index (χ1n) is 5.56. The van der Waals surface area contributed by atoms with Crippen LogP contribution >= 0.6 is 11.6 Å². The molecular formula is C13H16ClN3. The van der Waals surface area contributed by atoms with Crippen molar-refractivity contribution in [3.63, 3.8) is 0 Å². The molecule has 0 amide bonds. The van der Waals surface area contributed by atoms with Crippen molar-refractivity contribution >= 4 is 11.6 Å². The fraction of sp³-hybridized carbons (Fsp3) is 0.308. The molecule has 0 aliphatic heterocycles. The molecule has 0 saturated heterocycles. The third-order valence-electron chi connectivity index (χ3n) is 3.15. The Morgan fingerprint density at radius 1 is 1.29 bits per heavy atom. The minimum atomic E-state index is 0.476. The normalized spacial score (nSPS) is 10.9. The average molecular weight is 250 g/mol. The van der Waals surface area contributed by atoms with Gasteiger partial charge in [0.2, 0.25) is 0 Å². The maximum atomic E-state index is 6.04. The number of hydrogen-bond donors (Lipinski definition) is 1. The molecule has 0 aliphatic carbocycles. The molecule has 0 bridgehead atoms. The molecular weight excluding hydrogens is 234 g/mol. The van der Waals surface area contributed by atoms with Crippen LogP contribution in [0.5, 0.6) is 0 Å². The number of halogens is 1. The molecule has 0 unspecified atom stereocenters. The van der Waals surface area contributed by atoms with Crippen LogP contribution in [0.25, 0.3) is 5.69 Å². The van der Waals surface area contributed by atoms with Crippen LogP contribution in [0.2, 0.25) is 5.02 Å². The summed E-state index contributed by atoms with van der Waals surface area (Å²) in [5, 5.41) is 5.23. The molecule has 0 radical (unpaired) electrons. The summed E-state index contributed by atoms with van der Waals surface area (Å²) in [5.41, 5.74) is 11.1. The second kappa shape index (κ2) is 4.51. The van der Waals surface area contributed by atoms with Crippen molar-refractivity contribution in [2.75, 3.05) is 0 Å². The summed E-state index contributed by atoms with van der Waals surface area (Å²) in [5.74, 6) is 0. The number of nitrogens with two attached hydrogens (primary N) is 1. The first kappa shape index (κ1) is 12.1.